The minimum atomic E-state index is -0.667. The van der Waals surface area contributed by atoms with E-state index < -0.39 is 6.10 Å². The van der Waals surface area contributed by atoms with Crippen molar-refractivity contribution in [3.63, 3.8) is 0 Å². The van der Waals surface area contributed by atoms with Gasteiger partial charge in [-0.15, -0.1) is 0 Å². The molecule has 1 unspecified atom stereocenters. The number of para-hydroxylation sites is 1. The summed E-state index contributed by atoms with van der Waals surface area (Å²) in [5.41, 5.74) is 1.19. The summed E-state index contributed by atoms with van der Waals surface area (Å²) in [7, 11) is 1.64. The number of rotatable bonds is 6. The number of hydrogen-bond acceptors (Lipinski definition) is 3. The molecule has 0 bridgehead atoms. The van der Waals surface area contributed by atoms with Crippen molar-refractivity contribution in [2.75, 3.05) is 25.2 Å². The summed E-state index contributed by atoms with van der Waals surface area (Å²) < 4.78 is 19.2. The van der Waals surface area contributed by atoms with Gasteiger partial charge in [-0.25, -0.2) is 4.39 Å². The summed E-state index contributed by atoms with van der Waals surface area (Å²) in [5, 5.41) is 9.78. The number of halogens is 1. The molecule has 1 atom stereocenters. The van der Waals surface area contributed by atoms with Crippen LogP contribution < -0.4 is 4.90 Å². The van der Waals surface area contributed by atoms with Crippen molar-refractivity contribution in [3.05, 3.63) is 29.6 Å². The van der Waals surface area contributed by atoms with Crippen LogP contribution in [0.25, 0.3) is 0 Å². The topological polar surface area (TPSA) is 32.7 Å². The van der Waals surface area contributed by atoms with E-state index in [0.717, 1.165) is 12.8 Å². The first-order valence-electron chi connectivity index (χ1n) is 6.37. The lowest BCUT2D eigenvalue weighted by atomic mass is 10.1. The zero-order valence-electron chi connectivity index (χ0n) is 10.9. The molecule has 0 aromatic heterocycles. The molecular formula is C14H20FNO2. The van der Waals surface area contributed by atoms with Crippen LogP contribution in [0.1, 0.15) is 31.4 Å². The highest BCUT2D eigenvalue weighted by Gasteiger charge is 2.32. The van der Waals surface area contributed by atoms with Gasteiger partial charge in [0.25, 0.3) is 0 Å². The van der Waals surface area contributed by atoms with Crippen molar-refractivity contribution < 1.29 is 14.2 Å². The second kappa shape index (κ2) is 5.67. The Morgan fingerprint density at radius 2 is 2.22 bits per heavy atom. The molecule has 0 spiro atoms. The third kappa shape index (κ3) is 2.82. The van der Waals surface area contributed by atoms with Crippen LogP contribution in [0.2, 0.25) is 0 Å². The predicted molar refractivity (Wildman–Crippen MR) is 69.3 cm³/mol. The molecule has 0 amide bonds. The van der Waals surface area contributed by atoms with E-state index in [1.165, 1.54) is 6.07 Å². The van der Waals surface area contributed by atoms with E-state index in [2.05, 4.69) is 0 Å². The first kappa shape index (κ1) is 13.3. The number of methoxy groups -OCH3 is 1. The first-order valence-corrected chi connectivity index (χ1v) is 6.37. The van der Waals surface area contributed by atoms with Crippen LogP contribution in [0.4, 0.5) is 10.1 Å². The quantitative estimate of drug-likeness (QED) is 0.845. The van der Waals surface area contributed by atoms with Crippen molar-refractivity contribution in [2.24, 2.45) is 0 Å². The molecule has 100 valence electrons. The highest BCUT2D eigenvalue weighted by atomic mass is 19.1. The van der Waals surface area contributed by atoms with E-state index in [1.54, 1.807) is 26.2 Å². The van der Waals surface area contributed by atoms with Gasteiger partial charge in [0.1, 0.15) is 5.82 Å². The van der Waals surface area contributed by atoms with Gasteiger partial charge < -0.3 is 14.7 Å². The van der Waals surface area contributed by atoms with Crippen LogP contribution in [0, 0.1) is 5.82 Å². The molecule has 1 aliphatic rings. The largest absolute Gasteiger partial charge is 0.389 e. The third-order valence-corrected chi connectivity index (χ3v) is 3.28. The van der Waals surface area contributed by atoms with Crippen molar-refractivity contribution in [3.8, 4) is 0 Å². The van der Waals surface area contributed by atoms with E-state index in [-0.39, 0.29) is 5.82 Å². The lowest BCUT2D eigenvalue weighted by Gasteiger charge is -2.28. The van der Waals surface area contributed by atoms with Crippen molar-refractivity contribution in [1.82, 2.24) is 0 Å². The molecule has 1 aromatic rings. The Balaban J connectivity index is 2.33. The molecule has 1 saturated carbocycles. The Bertz CT molecular complexity index is 405. The minimum absolute atomic E-state index is 0.267. The number of anilines is 1. The van der Waals surface area contributed by atoms with Crippen molar-refractivity contribution in [1.29, 1.82) is 0 Å². The Kier molecular flexibility index (Phi) is 4.19. The van der Waals surface area contributed by atoms with Crippen LogP contribution in [-0.2, 0) is 4.74 Å². The van der Waals surface area contributed by atoms with Crippen molar-refractivity contribution in [2.45, 2.75) is 31.9 Å². The second-order valence-electron chi connectivity index (χ2n) is 4.77. The van der Waals surface area contributed by atoms with Gasteiger partial charge in [0.15, 0.2) is 0 Å². The molecule has 2 rings (SSSR count). The maximum Gasteiger partial charge on any atom is 0.146 e. The van der Waals surface area contributed by atoms with Crippen LogP contribution in [0.3, 0.4) is 0 Å². The van der Waals surface area contributed by atoms with Gasteiger partial charge in [-0.2, -0.15) is 0 Å². The van der Waals surface area contributed by atoms with E-state index in [0.29, 0.717) is 30.4 Å². The Morgan fingerprint density at radius 3 is 2.78 bits per heavy atom. The summed E-state index contributed by atoms with van der Waals surface area (Å²) in [6, 6.07) is 5.26. The van der Waals surface area contributed by atoms with E-state index in [9.17, 15) is 9.50 Å². The number of hydrogen-bond donors (Lipinski definition) is 1. The van der Waals surface area contributed by atoms with Crippen LogP contribution >= 0.6 is 0 Å². The van der Waals surface area contributed by atoms with Crippen molar-refractivity contribution >= 4 is 5.69 Å². The van der Waals surface area contributed by atoms with Crippen LogP contribution in [0.15, 0.2) is 18.2 Å². The fraction of sp³-hybridized carbons (Fsp3) is 0.571. The van der Waals surface area contributed by atoms with Crippen LogP contribution in [-0.4, -0.2) is 31.4 Å². The molecule has 3 nitrogen and oxygen atoms in total. The highest BCUT2D eigenvalue weighted by molar-refractivity contribution is 5.57. The standard InChI is InChI=1S/C14H20FNO2/c1-10(17)12-4-3-5-13(15)14(12)16(8-9-18-2)11-6-7-11/h3-5,10-11,17H,6-9H2,1-2H3. The summed E-state index contributed by atoms with van der Waals surface area (Å²) in [6.07, 6.45) is 1.49. The normalized spacial score (nSPS) is 16.7. The number of benzene rings is 1. The summed E-state index contributed by atoms with van der Waals surface area (Å²) in [4.78, 5) is 2.03. The molecule has 18 heavy (non-hydrogen) atoms. The number of aliphatic hydroxyl groups is 1. The molecule has 0 aliphatic heterocycles. The molecule has 1 N–H and O–H groups in total. The zero-order valence-corrected chi connectivity index (χ0v) is 10.9. The van der Waals surface area contributed by atoms with Gasteiger partial charge in [-0.1, -0.05) is 12.1 Å². The molecular weight excluding hydrogens is 233 g/mol. The van der Waals surface area contributed by atoms with Crippen LogP contribution in [0.5, 0.6) is 0 Å². The molecule has 0 radical (unpaired) electrons. The smallest absolute Gasteiger partial charge is 0.146 e. The van der Waals surface area contributed by atoms with Gasteiger partial charge in [-0.3, -0.25) is 0 Å². The molecule has 0 heterocycles. The molecule has 1 fully saturated rings. The zero-order chi connectivity index (χ0) is 13.1. The van der Waals surface area contributed by atoms with E-state index in [1.807, 2.05) is 4.90 Å². The summed E-state index contributed by atoms with van der Waals surface area (Å²) >= 11 is 0. The summed E-state index contributed by atoms with van der Waals surface area (Å²) in [5.74, 6) is -0.267. The third-order valence-electron chi connectivity index (χ3n) is 3.28. The average molecular weight is 253 g/mol. The van der Waals surface area contributed by atoms with Gasteiger partial charge >= 0.3 is 0 Å². The van der Waals surface area contributed by atoms with Gasteiger partial charge in [0.2, 0.25) is 0 Å². The van der Waals surface area contributed by atoms with E-state index >= 15 is 0 Å². The monoisotopic (exact) mass is 253 g/mol. The highest BCUT2D eigenvalue weighted by Crippen LogP contribution is 2.37. The maximum atomic E-state index is 14.1. The lowest BCUT2D eigenvalue weighted by molar-refractivity contribution is 0.196. The lowest BCUT2D eigenvalue weighted by Crippen LogP contribution is -2.31. The van der Waals surface area contributed by atoms with Gasteiger partial charge in [-0.05, 0) is 25.8 Å². The number of aliphatic hydroxyl groups excluding tert-OH is 1. The van der Waals surface area contributed by atoms with E-state index in [4.69, 9.17) is 4.74 Å². The molecule has 1 aliphatic carbocycles. The SMILES string of the molecule is COCCN(c1c(F)cccc1C(C)O)C1CC1. The number of ether oxygens (including phenoxy) is 1. The Hall–Kier alpha value is -1.13. The molecule has 1 aromatic carbocycles. The summed E-state index contributed by atoms with van der Waals surface area (Å²) in [6.45, 7) is 2.88. The first-order chi connectivity index (χ1) is 8.65. The maximum absolute atomic E-state index is 14.1. The molecule has 4 heteroatoms. The molecule has 0 saturated heterocycles. The Labute approximate surface area is 107 Å². The fourth-order valence-electron chi connectivity index (χ4n) is 2.22. The number of nitrogens with zero attached hydrogens (tertiary/aromatic N) is 1. The Morgan fingerprint density at radius 1 is 1.50 bits per heavy atom. The fourth-order valence-corrected chi connectivity index (χ4v) is 2.22. The predicted octanol–water partition coefficient (Wildman–Crippen LogP) is 2.49. The second-order valence-corrected chi connectivity index (χ2v) is 4.77. The minimum Gasteiger partial charge on any atom is -0.389 e. The van der Waals surface area contributed by atoms with Gasteiger partial charge in [0, 0.05) is 25.3 Å². The van der Waals surface area contributed by atoms with Gasteiger partial charge in [0.05, 0.1) is 18.4 Å². The average Bonchev–Trinajstić information content (AvgIpc) is 3.15.